The third kappa shape index (κ3) is 3.11. The maximum absolute atomic E-state index is 12.4. The highest BCUT2D eigenvalue weighted by Crippen LogP contribution is 2.36. The average molecular weight is 330 g/mol. The predicted octanol–water partition coefficient (Wildman–Crippen LogP) is 1.88. The maximum Gasteiger partial charge on any atom is 0.251 e. The summed E-state index contributed by atoms with van der Waals surface area (Å²) in [5.74, 6) is 2.66. The van der Waals surface area contributed by atoms with Gasteiger partial charge in [0.05, 0.1) is 0 Å². The molecule has 1 unspecified atom stereocenters. The standard InChI is InChI=1S/C18H26N4O2/c1-13-19-15(14-4-2-5-14)12-17(20-13)21-7-9-22(10-8-21)18(23)16-6-3-11-24-16/h12,14,16H,2-11H2,1H3. The van der Waals surface area contributed by atoms with Gasteiger partial charge in [-0.05, 0) is 32.6 Å². The van der Waals surface area contributed by atoms with Crippen LogP contribution in [-0.2, 0) is 9.53 Å². The second-order valence-electron chi connectivity index (χ2n) is 7.14. The Hall–Kier alpha value is -1.69. The number of hydrogen-bond donors (Lipinski definition) is 0. The molecule has 1 aromatic heterocycles. The number of hydrogen-bond acceptors (Lipinski definition) is 5. The second kappa shape index (κ2) is 6.67. The normalized spacial score (nSPS) is 25.0. The number of amides is 1. The largest absolute Gasteiger partial charge is 0.368 e. The molecule has 6 nitrogen and oxygen atoms in total. The van der Waals surface area contributed by atoms with Crippen molar-refractivity contribution in [1.82, 2.24) is 14.9 Å². The molecule has 4 rings (SSSR count). The smallest absolute Gasteiger partial charge is 0.251 e. The molecule has 0 bridgehead atoms. The van der Waals surface area contributed by atoms with E-state index in [4.69, 9.17) is 4.74 Å². The number of carbonyl (C=O) groups excluding carboxylic acids is 1. The number of nitrogens with zero attached hydrogens (tertiary/aromatic N) is 4. The van der Waals surface area contributed by atoms with Gasteiger partial charge in [-0.25, -0.2) is 9.97 Å². The van der Waals surface area contributed by atoms with E-state index in [1.807, 2.05) is 11.8 Å². The minimum absolute atomic E-state index is 0.168. The minimum atomic E-state index is -0.205. The summed E-state index contributed by atoms with van der Waals surface area (Å²) >= 11 is 0. The first kappa shape index (κ1) is 15.8. The molecule has 130 valence electrons. The Morgan fingerprint density at radius 1 is 1.12 bits per heavy atom. The topological polar surface area (TPSA) is 58.6 Å². The van der Waals surface area contributed by atoms with Crippen molar-refractivity contribution in [2.75, 3.05) is 37.7 Å². The van der Waals surface area contributed by atoms with Crippen LogP contribution in [0.3, 0.4) is 0 Å². The zero-order chi connectivity index (χ0) is 16.5. The van der Waals surface area contributed by atoms with Crippen molar-refractivity contribution < 1.29 is 9.53 Å². The summed E-state index contributed by atoms with van der Waals surface area (Å²) in [4.78, 5) is 25.9. The lowest BCUT2D eigenvalue weighted by Gasteiger charge is -2.36. The van der Waals surface area contributed by atoms with Crippen LogP contribution >= 0.6 is 0 Å². The first-order chi connectivity index (χ1) is 11.7. The van der Waals surface area contributed by atoms with E-state index in [-0.39, 0.29) is 12.0 Å². The summed E-state index contributed by atoms with van der Waals surface area (Å²) in [5, 5.41) is 0. The van der Waals surface area contributed by atoms with Crippen LogP contribution in [0.4, 0.5) is 5.82 Å². The summed E-state index contributed by atoms with van der Waals surface area (Å²) in [5.41, 5.74) is 1.20. The summed E-state index contributed by atoms with van der Waals surface area (Å²) in [6, 6.07) is 2.16. The Morgan fingerprint density at radius 3 is 2.54 bits per heavy atom. The van der Waals surface area contributed by atoms with Crippen molar-refractivity contribution in [1.29, 1.82) is 0 Å². The number of anilines is 1. The van der Waals surface area contributed by atoms with E-state index in [2.05, 4.69) is 20.9 Å². The summed E-state index contributed by atoms with van der Waals surface area (Å²) in [7, 11) is 0. The van der Waals surface area contributed by atoms with E-state index in [1.54, 1.807) is 0 Å². The van der Waals surface area contributed by atoms with Crippen LogP contribution in [0, 0.1) is 6.92 Å². The third-order valence-corrected chi connectivity index (χ3v) is 5.49. The molecule has 1 atom stereocenters. The zero-order valence-corrected chi connectivity index (χ0v) is 14.4. The van der Waals surface area contributed by atoms with E-state index < -0.39 is 0 Å². The molecule has 24 heavy (non-hydrogen) atoms. The van der Waals surface area contributed by atoms with Gasteiger partial charge in [0.15, 0.2) is 0 Å². The Labute approximate surface area is 143 Å². The van der Waals surface area contributed by atoms with Gasteiger partial charge in [0.25, 0.3) is 5.91 Å². The molecule has 1 amide bonds. The molecule has 1 saturated carbocycles. The SMILES string of the molecule is Cc1nc(C2CCC2)cc(N2CCN(C(=O)C3CCCO3)CC2)n1. The van der Waals surface area contributed by atoms with E-state index >= 15 is 0 Å². The fourth-order valence-electron chi connectivity index (χ4n) is 3.78. The van der Waals surface area contributed by atoms with Crippen LogP contribution in [0.5, 0.6) is 0 Å². The van der Waals surface area contributed by atoms with Crippen LogP contribution in [0.2, 0.25) is 0 Å². The highest BCUT2D eigenvalue weighted by Gasteiger charge is 2.31. The highest BCUT2D eigenvalue weighted by molar-refractivity contribution is 5.81. The molecule has 1 aliphatic carbocycles. The lowest BCUT2D eigenvalue weighted by Crippen LogP contribution is -2.51. The molecule has 0 N–H and O–H groups in total. The van der Waals surface area contributed by atoms with E-state index in [0.29, 0.717) is 5.92 Å². The van der Waals surface area contributed by atoms with Crippen LogP contribution < -0.4 is 4.90 Å². The highest BCUT2D eigenvalue weighted by atomic mass is 16.5. The fourth-order valence-corrected chi connectivity index (χ4v) is 3.78. The van der Waals surface area contributed by atoms with Crippen LogP contribution in [-0.4, -0.2) is 59.7 Å². The summed E-state index contributed by atoms with van der Waals surface area (Å²) < 4.78 is 5.53. The predicted molar refractivity (Wildman–Crippen MR) is 91.1 cm³/mol. The first-order valence-electron chi connectivity index (χ1n) is 9.21. The van der Waals surface area contributed by atoms with Gasteiger partial charge < -0.3 is 14.5 Å². The third-order valence-electron chi connectivity index (χ3n) is 5.49. The Balaban J connectivity index is 1.40. The Kier molecular flexibility index (Phi) is 4.39. The van der Waals surface area contributed by atoms with Gasteiger partial charge >= 0.3 is 0 Å². The van der Waals surface area contributed by atoms with Gasteiger partial charge in [-0.3, -0.25) is 4.79 Å². The maximum atomic E-state index is 12.4. The molecule has 2 saturated heterocycles. The van der Waals surface area contributed by atoms with Gasteiger partial charge in [-0.15, -0.1) is 0 Å². The minimum Gasteiger partial charge on any atom is -0.368 e. The molecular weight excluding hydrogens is 304 g/mol. The van der Waals surface area contributed by atoms with Gasteiger partial charge in [0.2, 0.25) is 0 Å². The van der Waals surface area contributed by atoms with Crippen LogP contribution in [0.1, 0.15) is 49.5 Å². The second-order valence-corrected chi connectivity index (χ2v) is 7.14. The van der Waals surface area contributed by atoms with Gasteiger partial charge in [0, 0.05) is 50.5 Å². The quantitative estimate of drug-likeness (QED) is 0.847. The van der Waals surface area contributed by atoms with E-state index in [9.17, 15) is 4.79 Å². The molecule has 6 heteroatoms. The lowest BCUT2D eigenvalue weighted by molar-refractivity contribution is -0.141. The van der Waals surface area contributed by atoms with Crippen molar-refractivity contribution in [2.24, 2.45) is 0 Å². The van der Waals surface area contributed by atoms with Gasteiger partial charge in [-0.2, -0.15) is 0 Å². The van der Waals surface area contributed by atoms with Crippen molar-refractivity contribution in [3.05, 3.63) is 17.6 Å². The molecule has 1 aromatic rings. The number of rotatable bonds is 3. The molecule has 0 spiro atoms. The average Bonchev–Trinajstić information content (AvgIpc) is 3.06. The monoisotopic (exact) mass is 330 g/mol. The Bertz CT molecular complexity index is 603. The summed E-state index contributed by atoms with van der Waals surface area (Å²) in [6.45, 7) is 5.86. The first-order valence-corrected chi connectivity index (χ1v) is 9.21. The van der Waals surface area contributed by atoms with Crippen molar-refractivity contribution in [3.63, 3.8) is 0 Å². The van der Waals surface area contributed by atoms with Gasteiger partial charge in [-0.1, -0.05) is 6.42 Å². The molecule has 3 fully saturated rings. The Morgan fingerprint density at radius 2 is 1.92 bits per heavy atom. The fraction of sp³-hybridized carbons (Fsp3) is 0.722. The number of piperazine rings is 1. The number of aromatic nitrogens is 2. The number of ether oxygens (including phenoxy) is 1. The molecule has 0 radical (unpaired) electrons. The molecule has 2 aliphatic heterocycles. The molecular formula is C18H26N4O2. The number of aryl methyl sites for hydroxylation is 1. The van der Waals surface area contributed by atoms with Crippen molar-refractivity contribution >= 4 is 11.7 Å². The number of carbonyl (C=O) groups is 1. The van der Waals surface area contributed by atoms with Crippen LogP contribution in [0.15, 0.2) is 6.07 Å². The summed E-state index contributed by atoms with van der Waals surface area (Å²) in [6.07, 6.45) is 5.48. The molecule has 3 heterocycles. The van der Waals surface area contributed by atoms with Crippen molar-refractivity contribution in [3.8, 4) is 0 Å². The molecule has 0 aromatic carbocycles. The lowest BCUT2D eigenvalue weighted by atomic mass is 9.83. The van der Waals surface area contributed by atoms with Crippen LogP contribution in [0.25, 0.3) is 0 Å². The van der Waals surface area contributed by atoms with Gasteiger partial charge in [0.1, 0.15) is 17.7 Å². The van der Waals surface area contributed by atoms with Crippen molar-refractivity contribution in [2.45, 2.75) is 51.0 Å². The van der Waals surface area contributed by atoms with E-state index in [1.165, 1.54) is 25.0 Å². The molecule has 3 aliphatic rings. The van der Waals surface area contributed by atoms with E-state index in [0.717, 1.165) is 57.3 Å². The zero-order valence-electron chi connectivity index (χ0n) is 14.4.